The largest absolute Gasteiger partial charge is 0.486 e. The van der Waals surface area contributed by atoms with Crippen molar-refractivity contribution < 1.29 is 14.3 Å². The van der Waals surface area contributed by atoms with Gasteiger partial charge in [0.15, 0.2) is 0 Å². The molecule has 2 aromatic carbocycles. The van der Waals surface area contributed by atoms with Gasteiger partial charge in [0.25, 0.3) is 0 Å². The van der Waals surface area contributed by atoms with Crippen LogP contribution in [0, 0.1) is 23.7 Å². The monoisotopic (exact) mass is 481 g/mol. The second-order valence-electron chi connectivity index (χ2n) is 8.63. The van der Waals surface area contributed by atoms with E-state index in [9.17, 15) is 10.1 Å². The number of hydrogen-bond acceptors (Lipinski definition) is 7. The lowest BCUT2D eigenvalue weighted by Crippen LogP contribution is -2.18. The van der Waals surface area contributed by atoms with Gasteiger partial charge in [0.05, 0.1) is 35.7 Å². The molecule has 1 atom stereocenters. The van der Waals surface area contributed by atoms with E-state index in [4.69, 9.17) is 15.9 Å². The highest BCUT2D eigenvalue weighted by atomic mass is 16.5. The third-order valence-corrected chi connectivity index (χ3v) is 5.57. The van der Waals surface area contributed by atoms with Crippen molar-refractivity contribution in [1.29, 1.82) is 5.26 Å². The molecular formula is C28H27N5O3. The Morgan fingerprint density at radius 1 is 1.36 bits per heavy atom. The van der Waals surface area contributed by atoms with Gasteiger partial charge in [0.2, 0.25) is 5.91 Å². The number of fused-ring (bicyclic) bond motifs is 1. The first-order valence-corrected chi connectivity index (χ1v) is 11.5. The summed E-state index contributed by atoms with van der Waals surface area (Å²) in [5, 5.41) is 16.7. The number of nitriles is 1. The normalized spacial score (nSPS) is 15.1. The van der Waals surface area contributed by atoms with E-state index in [0.29, 0.717) is 58.9 Å². The molecule has 1 amide bonds. The van der Waals surface area contributed by atoms with Gasteiger partial charge in [-0.2, -0.15) is 5.26 Å². The van der Waals surface area contributed by atoms with Crippen molar-refractivity contribution in [2.45, 2.75) is 12.5 Å². The summed E-state index contributed by atoms with van der Waals surface area (Å²) in [5.41, 5.74) is 3.45. The van der Waals surface area contributed by atoms with Gasteiger partial charge in [-0.3, -0.25) is 9.78 Å². The van der Waals surface area contributed by atoms with Crippen LogP contribution in [0.5, 0.6) is 5.75 Å². The van der Waals surface area contributed by atoms with Crippen LogP contribution in [0.15, 0.2) is 54.7 Å². The zero-order valence-corrected chi connectivity index (χ0v) is 20.2. The summed E-state index contributed by atoms with van der Waals surface area (Å²) in [6, 6.07) is 13.1. The summed E-state index contributed by atoms with van der Waals surface area (Å²) in [7, 11) is 3.85. The predicted molar refractivity (Wildman–Crippen MR) is 140 cm³/mol. The van der Waals surface area contributed by atoms with Crippen LogP contribution in [0.2, 0.25) is 0 Å². The Balaban J connectivity index is 1.77. The highest BCUT2D eigenvalue weighted by molar-refractivity contribution is 6.04. The molecule has 1 aliphatic heterocycles. The van der Waals surface area contributed by atoms with E-state index in [2.05, 4.69) is 27.6 Å². The maximum absolute atomic E-state index is 12.7. The predicted octanol–water partition coefficient (Wildman–Crippen LogP) is 4.06. The minimum atomic E-state index is -0.288. The summed E-state index contributed by atoms with van der Waals surface area (Å²) in [4.78, 5) is 19.1. The molecule has 2 heterocycles. The minimum absolute atomic E-state index is 0.120. The van der Waals surface area contributed by atoms with Crippen molar-refractivity contribution in [3.05, 3.63) is 65.9 Å². The fraction of sp³-hybridized carbons (Fsp3) is 0.250. The highest BCUT2D eigenvalue weighted by Crippen LogP contribution is 2.37. The van der Waals surface area contributed by atoms with Crippen LogP contribution in [-0.4, -0.2) is 55.7 Å². The second kappa shape index (κ2) is 11.4. The van der Waals surface area contributed by atoms with E-state index >= 15 is 0 Å². The number of nitrogens with zero attached hydrogens (tertiary/aromatic N) is 3. The molecule has 4 rings (SSSR count). The fourth-order valence-electron chi connectivity index (χ4n) is 3.80. The molecule has 1 aromatic heterocycles. The summed E-state index contributed by atoms with van der Waals surface area (Å²) < 4.78 is 11.6. The number of likely N-dealkylation sites (N-methyl/N-ethyl adjacent to an activating group) is 1. The van der Waals surface area contributed by atoms with E-state index < -0.39 is 0 Å². The molecule has 0 spiro atoms. The number of nitrogens with one attached hydrogen (secondary N) is 2. The Morgan fingerprint density at radius 2 is 2.22 bits per heavy atom. The molecule has 2 N–H and O–H groups in total. The third kappa shape index (κ3) is 6.00. The zero-order valence-electron chi connectivity index (χ0n) is 20.2. The van der Waals surface area contributed by atoms with Crippen LogP contribution < -0.4 is 15.4 Å². The Kier molecular flexibility index (Phi) is 7.82. The minimum Gasteiger partial charge on any atom is -0.486 e. The molecule has 8 heteroatoms. The molecule has 182 valence electrons. The molecule has 0 bridgehead atoms. The Hall–Kier alpha value is -4.37. The summed E-state index contributed by atoms with van der Waals surface area (Å²) in [6.45, 7) is 1.74. The van der Waals surface area contributed by atoms with Gasteiger partial charge in [-0.25, -0.2) is 0 Å². The third-order valence-electron chi connectivity index (χ3n) is 5.57. The van der Waals surface area contributed by atoms with Gasteiger partial charge in [0, 0.05) is 47.9 Å². The number of carbonyl (C=O) groups is 1. The van der Waals surface area contributed by atoms with Crippen molar-refractivity contribution in [1.82, 2.24) is 9.88 Å². The number of rotatable bonds is 8. The van der Waals surface area contributed by atoms with Gasteiger partial charge in [0.1, 0.15) is 17.9 Å². The fourth-order valence-corrected chi connectivity index (χ4v) is 3.80. The smallest absolute Gasteiger partial charge is 0.248 e. The molecule has 8 nitrogen and oxygen atoms in total. The van der Waals surface area contributed by atoms with Gasteiger partial charge >= 0.3 is 0 Å². The van der Waals surface area contributed by atoms with E-state index in [1.807, 2.05) is 43.3 Å². The maximum Gasteiger partial charge on any atom is 0.248 e. The molecule has 1 aliphatic rings. The quantitative estimate of drug-likeness (QED) is 0.370. The van der Waals surface area contributed by atoms with Gasteiger partial charge in [-0.15, -0.1) is 6.42 Å². The maximum atomic E-state index is 12.7. The van der Waals surface area contributed by atoms with E-state index in [-0.39, 0.29) is 12.0 Å². The lowest BCUT2D eigenvalue weighted by atomic mass is 10.1. The number of terminal acetylenes is 1. The summed E-state index contributed by atoms with van der Waals surface area (Å²) in [6.07, 6.45) is 11.0. The molecule has 0 aliphatic carbocycles. The molecule has 1 fully saturated rings. The van der Waals surface area contributed by atoms with Crippen molar-refractivity contribution in [2.24, 2.45) is 0 Å². The molecule has 0 radical (unpaired) electrons. The second-order valence-corrected chi connectivity index (χ2v) is 8.63. The van der Waals surface area contributed by atoms with E-state index in [1.54, 1.807) is 18.2 Å². The number of benzene rings is 2. The number of anilines is 3. The first-order chi connectivity index (χ1) is 17.5. The molecule has 0 saturated carbocycles. The van der Waals surface area contributed by atoms with Crippen LogP contribution in [0.25, 0.3) is 10.9 Å². The SMILES string of the molecule is C#Cc1cccc(Nc2c(C#N)cnc3cc(O[C@H]4CCOC4)c(NC(=O)C=CCN(C)C)cc23)c1. The molecule has 36 heavy (non-hydrogen) atoms. The number of pyridine rings is 1. The lowest BCUT2D eigenvalue weighted by molar-refractivity contribution is -0.111. The molecular weight excluding hydrogens is 454 g/mol. The van der Waals surface area contributed by atoms with E-state index in [0.717, 1.165) is 12.1 Å². The topological polar surface area (TPSA) is 99.5 Å². The van der Waals surface area contributed by atoms with Crippen molar-refractivity contribution >= 4 is 33.9 Å². The molecule has 3 aromatic rings. The van der Waals surface area contributed by atoms with Crippen LogP contribution in [0.4, 0.5) is 17.1 Å². The van der Waals surface area contributed by atoms with Crippen LogP contribution in [0.3, 0.4) is 0 Å². The summed E-state index contributed by atoms with van der Waals surface area (Å²) >= 11 is 0. The Morgan fingerprint density at radius 3 is 2.94 bits per heavy atom. The molecule has 1 saturated heterocycles. The zero-order chi connectivity index (χ0) is 25.5. The average molecular weight is 482 g/mol. The number of amides is 1. The number of ether oxygens (including phenoxy) is 2. The van der Waals surface area contributed by atoms with Gasteiger partial charge < -0.3 is 25.0 Å². The van der Waals surface area contributed by atoms with Crippen molar-refractivity contribution in [3.8, 4) is 24.2 Å². The van der Waals surface area contributed by atoms with Crippen LogP contribution in [0.1, 0.15) is 17.5 Å². The molecule has 0 unspecified atom stereocenters. The Bertz CT molecular complexity index is 1380. The van der Waals surface area contributed by atoms with Crippen LogP contribution >= 0.6 is 0 Å². The van der Waals surface area contributed by atoms with Crippen molar-refractivity contribution in [3.63, 3.8) is 0 Å². The van der Waals surface area contributed by atoms with Crippen molar-refractivity contribution in [2.75, 3.05) is 44.5 Å². The first-order valence-electron chi connectivity index (χ1n) is 11.5. The van der Waals surface area contributed by atoms with Gasteiger partial charge in [-0.1, -0.05) is 18.1 Å². The summed E-state index contributed by atoms with van der Waals surface area (Å²) in [5.74, 6) is 2.82. The van der Waals surface area contributed by atoms with Crippen LogP contribution in [-0.2, 0) is 9.53 Å². The number of carbonyl (C=O) groups excluding carboxylic acids is 1. The first kappa shape index (κ1) is 24.7. The number of hydrogen-bond donors (Lipinski definition) is 2. The lowest BCUT2D eigenvalue weighted by Gasteiger charge is -2.18. The Labute approximate surface area is 210 Å². The standard InChI is InChI=1S/C28H27N5O3/c1-4-19-7-5-8-21(13-19)31-28-20(16-29)17-30-24-15-26(36-22-10-12-35-18-22)25(14-23(24)28)32-27(34)9-6-11-33(2)3/h1,5-9,13-15,17,22H,10-12,18H2,2-3H3,(H,30,31)(H,32,34)/t22-/m0/s1. The number of aromatic nitrogens is 1. The average Bonchev–Trinajstić information content (AvgIpc) is 3.38. The highest BCUT2D eigenvalue weighted by Gasteiger charge is 2.21. The van der Waals surface area contributed by atoms with E-state index in [1.165, 1.54) is 12.3 Å². The van der Waals surface area contributed by atoms with Gasteiger partial charge in [-0.05, 0) is 38.4 Å².